The Kier molecular flexibility index (Phi) is 5.58. The number of pyridine rings is 1. The Morgan fingerprint density at radius 1 is 1.56 bits per heavy atom. The predicted molar refractivity (Wildman–Crippen MR) is 71.5 cm³/mol. The molecule has 0 saturated heterocycles. The summed E-state index contributed by atoms with van der Waals surface area (Å²) in [5.74, 6) is 0.211. The molecule has 3 N–H and O–H groups in total. The summed E-state index contributed by atoms with van der Waals surface area (Å²) in [6, 6.07) is 3.00. The highest BCUT2D eigenvalue weighted by Gasteiger charge is 2.15. The van der Waals surface area contributed by atoms with Gasteiger partial charge in [0.1, 0.15) is 5.69 Å². The molecule has 1 heterocycles. The van der Waals surface area contributed by atoms with Crippen LogP contribution < -0.4 is 15.8 Å². The lowest BCUT2D eigenvalue weighted by Crippen LogP contribution is -2.35. The predicted octanol–water partition coefficient (Wildman–Crippen LogP) is 1.93. The highest BCUT2D eigenvalue weighted by molar-refractivity contribution is 5.95. The van der Waals surface area contributed by atoms with Crippen molar-refractivity contribution in [3.63, 3.8) is 0 Å². The summed E-state index contributed by atoms with van der Waals surface area (Å²) >= 11 is 0. The van der Waals surface area contributed by atoms with E-state index in [1.807, 2.05) is 20.8 Å². The highest BCUT2D eigenvalue weighted by Crippen LogP contribution is 2.21. The zero-order valence-electron chi connectivity index (χ0n) is 11.1. The van der Waals surface area contributed by atoms with Gasteiger partial charge in [-0.05, 0) is 32.4 Å². The second-order valence-corrected chi connectivity index (χ2v) is 4.41. The fourth-order valence-electron chi connectivity index (χ4n) is 1.47. The van der Waals surface area contributed by atoms with E-state index in [9.17, 15) is 4.79 Å². The van der Waals surface area contributed by atoms with Gasteiger partial charge in [0.15, 0.2) is 0 Å². The molecule has 1 atom stereocenters. The molecule has 0 aliphatic heterocycles. The molecule has 0 saturated carbocycles. The Morgan fingerprint density at radius 2 is 2.28 bits per heavy atom. The summed E-state index contributed by atoms with van der Waals surface area (Å²) in [5, 5.41) is 2.75. The first-order valence-electron chi connectivity index (χ1n) is 6.22. The van der Waals surface area contributed by atoms with Crippen LogP contribution in [0.3, 0.4) is 0 Å². The van der Waals surface area contributed by atoms with Gasteiger partial charge in [-0.25, -0.2) is 4.98 Å². The second-order valence-electron chi connectivity index (χ2n) is 4.41. The second kappa shape index (κ2) is 6.96. The van der Waals surface area contributed by atoms with E-state index < -0.39 is 6.04 Å². The summed E-state index contributed by atoms with van der Waals surface area (Å²) in [6.07, 6.45) is 3.16. The third-order valence-corrected chi connectivity index (χ3v) is 2.31. The molecule has 0 radical (unpaired) electrons. The van der Waals surface area contributed by atoms with Crippen LogP contribution in [0.15, 0.2) is 18.3 Å². The Labute approximate surface area is 108 Å². The van der Waals surface area contributed by atoms with Gasteiger partial charge in [0, 0.05) is 6.20 Å². The fourth-order valence-corrected chi connectivity index (χ4v) is 1.47. The van der Waals surface area contributed by atoms with Crippen LogP contribution in [0, 0.1) is 0 Å². The average Bonchev–Trinajstić information content (AvgIpc) is 2.31. The summed E-state index contributed by atoms with van der Waals surface area (Å²) < 4.78 is 5.52. The van der Waals surface area contributed by atoms with Crippen molar-refractivity contribution in [2.24, 2.45) is 5.73 Å². The number of nitrogens with zero attached hydrogens (tertiary/aromatic N) is 1. The largest absolute Gasteiger partial charge is 0.473 e. The molecule has 0 fully saturated rings. The monoisotopic (exact) mass is 251 g/mol. The summed E-state index contributed by atoms with van der Waals surface area (Å²) in [7, 11) is 0. The molecule has 100 valence electrons. The number of carbonyl (C=O) groups excluding carboxylic acids is 1. The zero-order valence-corrected chi connectivity index (χ0v) is 11.1. The van der Waals surface area contributed by atoms with Gasteiger partial charge in [-0.1, -0.05) is 13.3 Å². The number of aromatic nitrogens is 1. The van der Waals surface area contributed by atoms with E-state index in [0.29, 0.717) is 18.0 Å². The van der Waals surface area contributed by atoms with E-state index in [2.05, 4.69) is 10.3 Å². The van der Waals surface area contributed by atoms with Gasteiger partial charge in [-0.3, -0.25) is 4.79 Å². The molecule has 0 unspecified atom stereocenters. The average molecular weight is 251 g/mol. The zero-order chi connectivity index (χ0) is 13.5. The molecule has 5 heteroatoms. The van der Waals surface area contributed by atoms with Gasteiger partial charge in [0.05, 0.1) is 12.1 Å². The lowest BCUT2D eigenvalue weighted by Gasteiger charge is -2.15. The molecule has 0 aliphatic rings. The van der Waals surface area contributed by atoms with Gasteiger partial charge in [0.2, 0.25) is 11.8 Å². The van der Waals surface area contributed by atoms with Crippen LogP contribution in [0.2, 0.25) is 0 Å². The van der Waals surface area contributed by atoms with E-state index in [1.54, 1.807) is 18.3 Å². The van der Waals surface area contributed by atoms with E-state index in [-0.39, 0.29) is 12.0 Å². The van der Waals surface area contributed by atoms with Crippen LogP contribution in [-0.4, -0.2) is 23.0 Å². The maximum Gasteiger partial charge on any atom is 0.241 e. The molecule has 1 rings (SSSR count). The normalized spacial score (nSPS) is 12.3. The van der Waals surface area contributed by atoms with Crippen molar-refractivity contribution in [2.45, 2.75) is 45.8 Å². The third kappa shape index (κ3) is 4.33. The fraction of sp³-hybridized carbons (Fsp3) is 0.538. The molecular weight excluding hydrogens is 230 g/mol. The minimum absolute atomic E-state index is 0.000123. The smallest absolute Gasteiger partial charge is 0.241 e. The van der Waals surface area contributed by atoms with Gasteiger partial charge in [-0.15, -0.1) is 0 Å². The molecule has 0 aliphatic carbocycles. The lowest BCUT2D eigenvalue weighted by molar-refractivity contribution is -0.117. The van der Waals surface area contributed by atoms with Gasteiger partial charge < -0.3 is 15.8 Å². The summed E-state index contributed by atoms with van der Waals surface area (Å²) in [5.41, 5.74) is 6.31. The van der Waals surface area contributed by atoms with Crippen LogP contribution in [0.4, 0.5) is 5.69 Å². The van der Waals surface area contributed by atoms with Crippen LogP contribution in [0.1, 0.15) is 33.6 Å². The molecule has 1 amide bonds. The lowest BCUT2D eigenvalue weighted by atomic mass is 10.1. The van der Waals surface area contributed by atoms with Crippen molar-refractivity contribution in [3.05, 3.63) is 18.3 Å². The highest BCUT2D eigenvalue weighted by atomic mass is 16.5. The number of nitrogens with two attached hydrogens (primary N) is 1. The minimum Gasteiger partial charge on any atom is -0.473 e. The van der Waals surface area contributed by atoms with Gasteiger partial charge >= 0.3 is 0 Å². The standard InChI is InChI=1S/C13H21N3O2/c1-4-6-10(14)12(17)16-11-7-5-8-15-13(11)18-9(2)3/h5,7-10H,4,6,14H2,1-3H3,(H,16,17)/t10-/m0/s1. The van der Waals surface area contributed by atoms with E-state index in [1.165, 1.54) is 0 Å². The Balaban J connectivity index is 2.74. The van der Waals surface area contributed by atoms with Crippen molar-refractivity contribution < 1.29 is 9.53 Å². The van der Waals surface area contributed by atoms with Crippen LogP contribution in [0.5, 0.6) is 5.88 Å². The first-order valence-corrected chi connectivity index (χ1v) is 6.22. The van der Waals surface area contributed by atoms with Crippen LogP contribution in [-0.2, 0) is 4.79 Å². The number of amides is 1. The molecule has 0 spiro atoms. The topological polar surface area (TPSA) is 77.2 Å². The number of rotatable bonds is 6. The summed E-state index contributed by atoms with van der Waals surface area (Å²) in [4.78, 5) is 15.9. The number of hydrogen-bond acceptors (Lipinski definition) is 4. The Hall–Kier alpha value is -1.62. The Bertz CT molecular complexity index is 394. The maximum atomic E-state index is 11.8. The van der Waals surface area contributed by atoms with Crippen molar-refractivity contribution in [1.29, 1.82) is 0 Å². The van der Waals surface area contributed by atoms with Gasteiger partial charge in [0.25, 0.3) is 0 Å². The SMILES string of the molecule is CCC[C@H](N)C(=O)Nc1cccnc1OC(C)C. The van der Waals surface area contributed by atoms with Crippen molar-refractivity contribution in [1.82, 2.24) is 4.98 Å². The van der Waals surface area contributed by atoms with Gasteiger partial charge in [-0.2, -0.15) is 0 Å². The van der Waals surface area contributed by atoms with E-state index in [0.717, 1.165) is 6.42 Å². The van der Waals surface area contributed by atoms with Crippen LogP contribution in [0.25, 0.3) is 0 Å². The number of ether oxygens (including phenoxy) is 1. The Morgan fingerprint density at radius 3 is 2.89 bits per heavy atom. The number of carbonyl (C=O) groups is 1. The molecule has 1 aromatic rings. The van der Waals surface area contributed by atoms with Crippen molar-refractivity contribution in [2.75, 3.05) is 5.32 Å². The van der Waals surface area contributed by atoms with Crippen molar-refractivity contribution >= 4 is 11.6 Å². The third-order valence-electron chi connectivity index (χ3n) is 2.31. The van der Waals surface area contributed by atoms with Crippen LogP contribution >= 0.6 is 0 Å². The quantitative estimate of drug-likeness (QED) is 0.810. The molecule has 5 nitrogen and oxygen atoms in total. The number of nitrogens with one attached hydrogen (secondary N) is 1. The maximum absolute atomic E-state index is 11.8. The molecule has 0 bridgehead atoms. The first-order chi connectivity index (χ1) is 8.54. The minimum atomic E-state index is -0.498. The molecular formula is C13H21N3O2. The molecule has 0 aromatic carbocycles. The van der Waals surface area contributed by atoms with E-state index >= 15 is 0 Å². The molecule has 1 aromatic heterocycles. The first kappa shape index (κ1) is 14.4. The van der Waals surface area contributed by atoms with E-state index in [4.69, 9.17) is 10.5 Å². The molecule has 18 heavy (non-hydrogen) atoms. The number of anilines is 1. The van der Waals surface area contributed by atoms with Crippen molar-refractivity contribution in [3.8, 4) is 5.88 Å². The summed E-state index contributed by atoms with van der Waals surface area (Å²) in [6.45, 7) is 5.80. The number of hydrogen-bond donors (Lipinski definition) is 2.